The largest absolute Gasteiger partial charge is 0.395 e. The van der Waals surface area contributed by atoms with Crippen molar-refractivity contribution in [3.63, 3.8) is 0 Å². The number of aliphatic hydroxyl groups is 2. The van der Waals surface area contributed by atoms with E-state index in [0.29, 0.717) is 0 Å². The molecule has 1 aromatic rings. The number of nitrogens with zero attached hydrogens (tertiary/aromatic N) is 1. The highest BCUT2D eigenvalue weighted by atomic mass is 16.5. The fourth-order valence-electron chi connectivity index (χ4n) is 2.79. The molecule has 0 saturated carbocycles. The van der Waals surface area contributed by atoms with Gasteiger partial charge in [-0.15, -0.1) is 0 Å². The molecule has 6 nitrogen and oxygen atoms in total. The molecular weight excluding hydrogens is 344 g/mol. The number of amides is 1. The zero-order valence-electron chi connectivity index (χ0n) is 17.5. The molecule has 1 fully saturated rings. The van der Waals surface area contributed by atoms with Gasteiger partial charge in [-0.2, -0.15) is 0 Å². The average molecular weight is 381 g/mol. The first-order valence-corrected chi connectivity index (χ1v) is 9.47. The summed E-state index contributed by atoms with van der Waals surface area (Å²) in [5.41, 5.74) is -0.294. The van der Waals surface area contributed by atoms with E-state index in [-0.39, 0.29) is 24.7 Å². The van der Waals surface area contributed by atoms with Crippen molar-refractivity contribution in [1.82, 2.24) is 10.2 Å². The third kappa shape index (κ3) is 7.58. The number of aliphatic hydroxyl groups excluding tert-OH is 1. The summed E-state index contributed by atoms with van der Waals surface area (Å²) in [6.45, 7) is 10.6. The van der Waals surface area contributed by atoms with E-state index < -0.39 is 11.2 Å². The Hall–Kier alpha value is -1.47. The second-order valence-electron chi connectivity index (χ2n) is 8.10. The molecule has 27 heavy (non-hydrogen) atoms. The Morgan fingerprint density at radius 1 is 1.26 bits per heavy atom. The third-order valence-electron chi connectivity index (χ3n) is 5.22. The van der Waals surface area contributed by atoms with E-state index in [1.54, 1.807) is 20.9 Å². The van der Waals surface area contributed by atoms with Crippen LogP contribution in [0.3, 0.4) is 0 Å². The van der Waals surface area contributed by atoms with Crippen molar-refractivity contribution >= 4 is 5.91 Å². The van der Waals surface area contributed by atoms with Crippen LogP contribution in [0.15, 0.2) is 30.3 Å². The average Bonchev–Trinajstić information content (AvgIpc) is 2.96. The lowest BCUT2D eigenvalue weighted by molar-refractivity contribution is -0.171. The molecule has 0 radical (unpaired) electrons. The smallest absolute Gasteiger partial charge is 0.216 e. The Kier molecular flexibility index (Phi) is 8.88. The second-order valence-corrected chi connectivity index (χ2v) is 8.10. The predicted molar refractivity (Wildman–Crippen MR) is 107 cm³/mol. The van der Waals surface area contributed by atoms with Gasteiger partial charge in [0.05, 0.1) is 23.9 Å². The van der Waals surface area contributed by atoms with Gasteiger partial charge in [0.25, 0.3) is 0 Å². The minimum atomic E-state index is -0.908. The number of ether oxygens (including phenoxy) is 1. The summed E-state index contributed by atoms with van der Waals surface area (Å²) in [4.78, 5) is 12.0. The van der Waals surface area contributed by atoms with Crippen LogP contribution in [-0.4, -0.2) is 64.6 Å². The van der Waals surface area contributed by atoms with Gasteiger partial charge in [0.15, 0.2) is 0 Å². The number of carbonyl (C=O) groups excluding carboxylic acids is 1. The normalized spacial score (nSPS) is 20.7. The topological polar surface area (TPSA) is 82.0 Å². The van der Waals surface area contributed by atoms with Crippen molar-refractivity contribution in [2.75, 3.05) is 20.2 Å². The number of rotatable bonds is 6. The summed E-state index contributed by atoms with van der Waals surface area (Å²) in [6.07, 6.45) is 0.824. The molecule has 6 heteroatoms. The van der Waals surface area contributed by atoms with Gasteiger partial charge < -0.3 is 20.3 Å². The van der Waals surface area contributed by atoms with Crippen LogP contribution in [0.5, 0.6) is 0 Å². The van der Waals surface area contributed by atoms with Crippen LogP contribution < -0.4 is 5.32 Å². The summed E-state index contributed by atoms with van der Waals surface area (Å²) < 4.78 is 6.16. The van der Waals surface area contributed by atoms with Gasteiger partial charge in [0.2, 0.25) is 5.91 Å². The molecule has 0 aliphatic carbocycles. The Morgan fingerprint density at radius 2 is 1.81 bits per heavy atom. The molecule has 2 atom stereocenters. The Morgan fingerprint density at radius 3 is 2.26 bits per heavy atom. The van der Waals surface area contributed by atoms with Crippen LogP contribution in [0.25, 0.3) is 0 Å². The molecule has 1 aliphatic heterocycles. The molecule has 1 amide bonds. The molecular formula is C21H36N2O4. The number of nitrogens with one attached hydrogen (secondary N) is 1. The van der Waals surface area contributed by atoms with Crippen LogP contribution in [-0.2, 0) is 16.1 Å². The van der Waals surface area contributed by atoms with Crippen molar-refractivity contribution in [2.24, 2.45) is 0 Å². The molecule has 0 spiro atoms. The van der Waals surface area contributed by atoms with Gasteiger partial charge in [-0.05, 0) is 39.7 Å². The number of hydrogen-bond donors (Lipinski definition) is 3. The lowest BCUT2D eigenvalue weighted by Crippen LogP contribution is -2.49. The van der Waals surface area contributed by atoms with Crippen molar-refractivity contribution in [2.45, 2.75) is 70.9 Å². The Balaban J connectivity index is 0.000000646. The standard InChI is InChI=1S/C18H29NO3.C3H7NO/c1-17(2,21)18(3,4)22-16-10-15(13-20)19(12-16)11-14-8-6-5-7-9-14;1-3(5)4-2/h5-9,15-16,20-21H,10-13H2,1-4H3;1-2H3,(H,4,5). The highest BCUT2D eigenvalue weighted by Gasteiger charge is 2.41. The molecule has 1 aliphatic rings. The van der Waals surface area contributed by atoms with Crippen LogP contribution in [0.1, 0.15) is 46.6 Å². The van der Waals surface area contributed by atoms with Crippen LogP contribution >= 0.6 is 0 Å². The monoisotopic (exact) mass is 380 g/mol. The van der Waals surface area contributed by atoms with E-state index in [2.05, 4.69) is 22.3 Å². The van der Waals surface area contributed by atoms with Crippen molar-refractivity contribution < 1.29 is 19.7 Å². The molecule has 1 saturated heterocycles. The van der Waals surface area contributed by atoms with Gasteiger partial charge in [0, 0.05) is 33.1 Å². The van der Waals surface area contributed by atoms with Gasteiger partial charge >= 0.3 is 0 Å². The van der Waals surface area contributed by atoms with E-state index in [0.717, 1.165) is 19.5 Å². The van der Waals surface area contributed by atoms with E-state index in [1.807, 2.05) is 32.0 Å². The second kappa shape index (κ2) is 10.2. The maximum Gasteiger partial charge on any atom is 0.216 e. The van der Waals surface area contributed by atoms with E-state index in [9.17, 15) is 15.0 Å². The highest BCUT2D eigenvalue weighted by molar-refractivity contribution is 5.72. The third-order valence-corrected chi connectivity index (χ3v) is 5.22. The van der Waals surface area contributed by atoms with Gasteiger partial charge in [-0.1, -0.05) is 30.3 Å². The van der Waals surface area contributed by atoms with Crippen LogP contribution in [0, 0.1) is 0 Å². The van der Waals surface area contributed by atoms with Crippen molar-refractivity contribution in [3.05, 3.63) is 35.9 Å². The molecule has 2 rings (SSSR count). The fraction of sp³-hybridized carbons (Fsp3) is 0.667. The summed E-state index contributed by atoms with van der Waals surface area (Å²) in [7, 11) is 1.60. The maximum absolute atomic E-state index is 10.2. The summed E-state index contributed by atoms with van der Waals surface area (Å²) in [6, 6.07) is 10.4. The predicted octanol–water partition coefficient (Wildman–Crippen LogP) is 1.94. The lowest BCUT2D eigenvalue weighted by Gasteiger charge is -2.39. The number of benzene rings is 1. The number of hydrogen-bond acceptors (Lipinski definition) is 5. The quantitative estimate of drug-likeness (QED) is 0.703. The summed E-state index contributed by atoms with van der Waals surface area (Å²) >= 11 is 0. The molecule has 0 bridgehead atoms. The van der Waals surface area contributed by atoms with Gasteiger partial charge in [-0.25, -0.2) is 0 Å². The molecule has 1 heterocycles. The molecule has 2 unspecified atom stereocenters. The highest BCUT2D eigenvalue weighted by Crippen LogP contribution is 2.31. The molecule has 154 valence electrons. The minimum Gasteiger partial charge on any atom is -0.395 e. The number of carbonyl (C=O) groups is 1. The summed E-state index contributed by atoms with van der Waals surface area (Å²) in [5.74, 6) is 0.00463. The first-order valence-electron chi connectivity index (χ1n) is 9.47. The van der Waals surface area contributed by atoms with Gasteiger partial charge in [0.1, 0.15) is 0 Å². The fourth-order valence-corrected chi connectivity index (χ4v) is 2.79. The van der Waals surface area contributed by atoms with Crippen LogP contribution in [0.2, 0.25) is 0 Å². The molecule has 1 aromatic carbocycles. The Bertz CT molecular complexity index is 569. The first kappa shape index (κ1) is 23.6. The lowest BCUT2D eigenvalue weighted by atomic mass is 9.89. The minimum absolute atomic E-state index is 0.00463. The van der Waals surface area contributed by atoms with E-state index in [4.69, 9.17) is 4.74 Å². The molecule has 0 aromatic heterocycles. The zero-order chi connectivity index (χ0) is 20.7. The maximum atomic E-state index is 10.2. The number of likely N-dealkylation sites (tertiary alicyclic amines) is 1. The van der Waals surface area contributed by atoms with Crippen molar-refractivity contribution in [3.8, 4) is 0 Å². The van der Waals surface area contributed by atoms with Gasteiger partial charge in [-0.3, -0.25) is 9.69 Å². The zero-order valence-corrected chi connectivity index (χ0v) is 17.5. The van der Waals surface area contributed by atoms with Crippen LogP contribution in [0.4, 0.5) is 0 Å². The molecule has 3 N–H and O–H groups in total. The van der Waals surface area contributed by atoms with Crippen molar-refractivity contribution in [1.29, 1.82) is 0 Å². The van der Waals surface area contributed by atoms with E-state index >= 15 is 0 Å². The summed E-state index contributed by atoms with van der Waals surface area (Å²) in [5, 5.41) is 22.3. The first-order chi connectivity index (χ1) is 12.5. The SMILES string of the molecule is CC(C)(O)C(C)(C)OC1CC(CO)N(Cc2ccccc2)C1.CNC(C)=O. The van der Waals surface area contributed by atoms with E-state index in [1.165, 1.54) is 12.5 Å². The Labute approximate surface area is 163 Å².